The van der Waals surface area contributed by atoms with Crippen LogP contribution in [-0.2, 0) is 6.54 Å². The van der Waals surface area contributed by atoms with Gasteiger partial charge in [-0.25, -0.2) is 14.4 Å². The summed E-state index contributed by atoms with van der Waals surface area (Å²) in [5.74, 6) is -0.516. The SMILES string of the molecule is O=C(Nc1ccncc1F)c1nn(CC2CC2)c2cncnc12. The third-order valence-electron chi connectivity index (χ3n) is 3.78. The molecule has 0 unspecified atom stereocenters. The van der Waals surface area contributed by atoms with Gasteiger partial charge in [0.05, 0.1) is 18.1 Å². The molecule has 1 aliphatic rings. The number of rotatable bonds is 4. The van der Waals surface area contributed by atoms with Gasteiger partial charge in [-0.2, -0.15) is 5.10 Å². The van der Waals surface area contributed by atoms with E-state index in [0.717, 1.165) is 12.7 Å². The minimum atomic E-state index is -0.600. The molecule has 3 heterocycles. The fraction of sp³-hybridized carbons (Fsp3) is 0.267. The number of amides is 1. The summed E-state index contributed by atoms with van der Waals surface area (Å²) in [6.45, 7) is 0.737. The van der Waals surface area contributed by atoms with E-state index in [1.54, 1.807) is 10.9 Å². The van der Waals surface area contributed by atoms with Crippen LogP contribution in [0.15, 0.2) is 31.0 Å². The maximum absolute atomic E-state index is 13.6. The molecule has 1 fully saturated rings. The Hall–Kier alpha value is -2.90. The summed E-state index contributed by atoms with van der Waals surface area (Å²) in [6.07, 6.45) is 7.79. The van der Waals surface area contributed by atoms with Gasteiger partial charge in [-0.15, -0.1) is 0 Å². The Balaban J connectivity index is 1.70. The van der Waals surface area contributed by atoms with Gasteiger partial charge in [-0.05, 0) is 24.8 Å². The van der Waals surface area contributed by atoms with Gasteiger partial charge in [0.1, 0.15) is 17.4 Å². The number of carbonyl (C=O) groups is 1. The van der Waals surface area contributed by atoms with Crippen molar-refractivity contribution in [3.63, 3.8) is 0 Å². The van der Waals surface area contributed by atoms with Crippen LogP contribution in [0.4, 0.5) is 10.1 Å². The summed E-state index contributed by atoms with van der Waals surface area (Å²) in [5.41, 5.74) is 1.40. The van der Waals surface area contributed by atoms with Gasteiger partial charge in [-0.1, -0.05) is 0 Å². The third kappa shape index (κ3) is 2.63. The van der Waals surface area contributed by atoms with Crippen LogP contribution < -0.4 is 5.32 Å². The van der Waals surface area contributed by atoms with Crippen molar-refractivity contribution >= 4 is 22.6 Å². The number of pyridine rings is 1. The summed E-state index contributed by atoms with van der Waals surface area (Å²) in [6, 6.07) is 1.39. The molecule has 0 saturated heterocycles. The zero-order valence-corrected chi connectivity index (χ0v) is 12.1. The Labute approximate surface area is 130 Å². The first-order chi connectivity index (χ1) is 11.2. The molecule has 7 nitrogen and oxygen atoms in total. The summed E-state index contributed by atoms with van der Waals surface area (Å²) >= 11 is 0. The topological polar surface area (TPSA) is 85.6 Å². The van der Waals surface area contributed by atoms with Crippen LogP contribution in [0.3, 0.4) is 0 Å². The molecule has 1 amide bonds. The molecule has 0 radical (unpaired) electrons. The fourth-order valence-corrected chi connectivity index (χ4v) is 2.41. The Morgan fingerprint density at radius 3 is 3.00 bits per heavy atom. The van der Waals surface area contributed by atoms with E-state index in [-0.39, 0.29) is 11.4 Å². The number of nitrogens with zero attached hydrogens (tertiary/aromatic N) is 5. The third-order valence-corrected chi connectivity index (χ3v) is 3.78. The predicted molar refractivity (Wildman–Crippen MR) is 80.2 cm³/mol. The Morgan fingerprint density at radius 2 is 2.22 bits per heavy atom. The highest BCUT2D eigenvalue weighted by atomic mass is 19.1. The summed E-state index contributed by atoms with van der Waals surface area (Å²) in [7, 11) is 0. The van der Waals surface area contributed by atoms with Crippen molar-refractivity contribution in [1.29, 1.82) is 0 Å². The lowest BCUT2D eigenvalue weighted by molar-refractivity contribution is 0.102. The highest BCUT2D eigenvalue weighted by Gasteiger charge is 2.26. The molecule has 3 aromatic rings. The molecule has 8 heteroatoms. The predicted octanol–water partition coefficient (Wildman–Crippen LogP) is 2.02. The van der Waals surface area contributed by atoms with Gasteiger partial charge in [-0.3, -0.25) is 14.5 Å². The highest BCUT2D eigenvalue weighted by Crippen LogP contribution is 2.31. The second kappa shape index (κ2) is 5.38. The van der Waals surface area contributed by atoms with E-state index in [2.05, 4.69) is 25.4 Å². The van der Waals surface area contributed by atoms with Gasteiger partial charge in [0, 0.05) is 12.7 Å². The smallest absolute Gasteiger partial charge is 0.278 e. The number of carbonyl (C=O) groups excluding carboxylic acids is 1. The Bertz CT molecular complexity index is 889. The molecular formula is C15H13FN6O. The molecule has 0 spiro atoms. The van der Waals surface area contributed by atoms with Crippen LogP contribution in [0.5, 0.6) is 0 Å². The monoisotopic (exact) mass is 312 g/mol. The zero-order chi connectivity index (χ0) is 15.8. The van der Waals surface area contributed by atoms with Gasteiger partial charge in [0.25, 0.3) is 5.91 Å². The molecule has 1 aliphatic carbocycles. The number of anilines is 1. The van der Waals surface area contributed by atoms with Crippen molar-refractivity contribution in [2.45, 2.75) is 19.4 Å². The van der Waals surface area contributed by atoms with E-state index in [0.29, 0.717) is 17.0 Å². The average molecular weight is 312 g/mol. The van der Waals surface area contributed by atoms with Crippen LogP contribution in [0.25, 0.3) is 11.0 Å². The average Bonchev–Trinajstić information content (AvgIpc) is 3.30. The normalized spacial score (nSPS) is 14.1. The maximum Gasteiger partial charge on any atom is 0.278 e. The first-order valence-electron chi connectivity index (χ1n) is 7.30. The van der Waals surface area contributed by atoms with Crippen molar-refractivity contribution in [2.24, 2.45) is 5.92 Å². The van der Waals surface area contributed by atoms with Crippen molar-refractivity contribution in [1.82, 2.24) is 24.7 Å². The van der Waals surface area contributed by atoms with Gasteiger partial charge in [0.2, 0.25) is 0 Å². The van der Waals surface area contributed by atoms with Crippen LogP contribution in [0, 0.1) is 11.7 Å². The molecule has 3 aromatic heterocycles. The fourth-order valence-electron chi connectivity index (χ4n) is 2.41. The molecule has 0 aliphatic heterocycles. The van der Waals surface area contributed by atoms with Gasteiger partial charge in [0.15, 0.2) is 11.5 Å². The quantitative estimate of drug-likeness (QED) is 0.796. The number of hydrogen-bond acceptors (Lipinski definition) is 5. The van der Waals surface area contributed by atoms with E-state index in [1.165, 1.54) is 31.4 Å². The first-order valence-corrected chi connectivity index (χ1v) is 7.30. The molecule has 4 rings (SSSR count). The summed E-state index contributed by atoms with van der Waals surface area (Å²) < 4.78 is 15.4. The Morgan fingerprint density at radius 1 is 1.35 bits per heavy atom. The Kier molecular flexibility index (Phi) is 3.22. The van der Waals surface area contributed by atoms with Crippen LogP contribution >= 0.6 is 0 Å². The first kappa shape index (κ1) is 13.7. The van der Waals surface area contributed by atoms with Crippen molar-refractivity contribution < 1.29 is 9.18 Å². The molecule has 23 heavy (non-hydrogen) atoms. The molecule has 116 valence electrons. The van der Waals surface area contributed by atoms with Crippen molar-refractivity contribution in [3.05, 3.63) is 42.5 Å². The molecule has 0 atom stereocenters. The number of hydrogen-bond donors (Lipinski definition) is 1. The summed E-state index contributed by atoms with van der Waals surface area (Å²) in [5, 5.41) is 6.87. The second-order valence-electron chi connectivity index (χ2n) is 5.54. The van der Waals surface area contributed by atoms with E-state index in [9.17, 15) is 9.18 Å². The lowest BCUT2D eigenvalue weighted by Crippen LogP contribution is -2.15. The van der Waals surface area contributed by atoms with Crippen molar-refractivity contribution in [3.8, 4) is 0 Å². The van der Waals surface area contributed by atoms with E-state index < -0.39 is 11.7 Å². The number of nitrogens with one attached hydrogen (secondary N) is 1. The standard InChI is InChI=1S/C15H13FN6O/c16-10-5-17-4-3-11(10)20-15(23)14-13-12(6-18-8-19-13)22(21-14)7-9-1-2-9/h3-6,8-9H,1-2,7H2,(H,17,20,23). The molecule has 0 bridgehead atoms. The number of aromatic nitrogens is 5. The molecular weight excluding hydrogens is 299 g/mol. The number of halogens is 1. The van der Waals surface area contributed by atoms with Gasteiger partial charge >= 0.3 is 0 Å². The minimum Gasteiger partial charge on any atom is -0.318 e. The largest absolute Gasteiger partial charge is 0.318 e. The van der Waals surface area contributed by atoms with Crippen LogP contribution in [0.2, 0.25) is 0 Å². The minimum absolute atomic E-state index is 0.0592. The zero-order valence-electron chi connectivity index (χ0n) is 12.1. The lowest BCUT2D eigenvalue weighted by Gasteiger charge is -2.03. The second-order valence-corrected chi connectivity index (χ2v) is 5.54. The molecule has 1 saturated carbocycles. The highest BCUT2D eigenvalue weighted by molar-refractivity contribution is 6.10. The van der Waals surface area contributed by atoms with Crippen molar-refractivity contribution in [2.75, 3.05) is 5.32 Å². The van der Waals surface area contributed by atoms with E-state index in [1.807, 2.05) is 0 Å². The van der Waals surface area contributed by atoms with Crippen LogP contribution in [-0.4, -0.2) is 30.6 Å². The lowest BCUT2D eigenvalue weighted by atomic mass is 10.3. The molecule has 0 aromatic carbocycles. The van der Waals surface area contributed by atoms with E-state index in [4.69, 9.17) is 0 Å². The maximum atomic E-state index is 13.6. The van der Waals surface area contributed by atoms with E-state index >= 15 is 0 Å². The number of fused-ring (bicyclic) bond motifs is 1. The van der Waals surface area contributed by atoms with Crippen LogP contribution in [0.1, 0.15) is 23.3 Å². The molecule has 1 N–H and O–H groups in total. The summed E-state index contributed by atoms with van der Waals surface area (Å²) in [4.78, 5) is 24.3. The van der Waals surface area contributed by atoms with Gasteiger partial charge < -0.3 is 5.32 Å².